The second kappa shape index (κ2) is 6.39. The molecule has 1 aliphatic carbocycles. The zero-order chi connectivity index (χ0) is 17.4. The molecular weight excluding hydrogens is 369 g/mol. The first kappa shape index (κ1) is 17.3. The number of halogens is 2. The predicted octanol–water partition coefficient (Wildman–Crippen LogP) is 3.67. The summed E-state index contributed by atoms with van der Waals surface area (Å²) in [6.07, 6.45) is 1.16. The van der Waals surface area contributed by atoms with Crippen LogP contribution in [0.25, 0.3) is 0 Å². The molecule has 0 aromatic heterocycles. The third-order valence-electron chi connectivity index (χ3n) is 4.10. The van der Waals surface area contributed by atoms with Crippen molar-refractivity contribution in [3.8, 4) is 0 Å². The summed E-state index contributed by atoms with van der Waals surface area (Å²) in [7, 11) is -3.76. The second-order valence-corrected chi connectivity index (χ2v) is 8.42. The number of hydrogen-bond donors (Lipinski definition) is 1. The summed E-state index contributed by atoms with van der Waals surface area (Å²) in [5.41, 5.74) is 0.472. The van der Waals surface area contributed by atoms with Crippen LogP contribution in [-0.2, 0) is 26.0 Å². The summed E-state index contributed by atoms with van der Waals surface area (Å²) in [5.74, 6) is -0.756. The Balaban J connectivity index is 1.77. The van der Waals surface area contributed by atoms with Crippen molar-refractivity contribution in [2.24, 2.45) is 0 Å². The molecule has 0 aliphatic heterocycles. The van der Waals surface area contributed by atoms with E-state index >= 15 is 0 Å². The molecule has 0 bridgehead atoms. The van der Waals surface area contributed by atoms with Gasteiger partial charge in [0.05, 0.1) is 21.2 Å². The van der Waals surface area contributed by atoms with Gasteiger partial charge in [0.1, 0.15) is 0 Å². The van der Waals surface area contributed by atoms with E-state index < -0.39 is 21.3 Å². The van der Waals surface area contributed by atoms with Crippen molar-refractivity contribution in [3.63, 3.8) is 0 Å². The van der Waals surface area contributed by atoms with E-state index in [0.717, 1.165) is 0 Å². The van der Waals surface area contributed by atoms with Crippen LogP contribution >= 0.6 is 23.2 Å². The third kappa shape index (κ3) is 3.58. The van der Waals surface area contributed by atoms with E-state index in [2.05, 4.69) is 4.72 Å². The Hall–Kier alpha value is -1.56. The van der Waals surface area contributed by atoms with Gasteiger partial charge < -0.3 is 0 Å². The molecule has 0 atom stereocenters. The smallest absolute Gasteiger partial charge is 0.244 e. The fourth-order valence-electron chi connectivity index (χ4n) is 2.63. The summed E-state index contributed by atoms with van der Waals surface area (Å²) < 4.78 is 26.7. The van der Waals surface area contributed by atoms with Crippen molar-refractivity contribution in [1.82, 2.24) is 4.72 Å². The van der Waals surface area contributed by atoms with Gasteiger partial charge in [-0.3, -0.25) is 9.52 Å². The number of amides is 1. The van der Waals surface area contributed by atoms with E-state index in [1.165, 1.54) is 0 Å². The first-order valence-corrected chi connectivity index (χ1v) is 9.78. The molecule has 1 fully saturated rings. The Bertz CT molecular complexity index is 878. The van der Waals surface area contributed by atoms with E-state index in [0.29, 0.717) is 34.0 Å². The Morgan fingerprint density at radius 3 is 2.29 bits per heavy atom. The highest BCUT2D eigenvalue weighted by Crippen LogP contribution is 2.49. The van der Waals surface area contributed by atoms with Gasteiger partial charge in [-0.15, -0.1) is 0 Å². The van der Waals surface area contributed by atoms with Gasteiger partial charge in [-0.05, 0) is 36.1 Å². The number of carbonyl (C=O) groups is 1. The first-order chi connectivity index (χ1) is 11.3. The molecule has 126 valence electrons. The average molecular weight is 384 g/mol. The van der Waals surface area contributed by atoms with Crippen LogP contribution in [0.5, 0.6) is 0 Å². The fourth-order valence-corrected chi connectivity index (χ4v) is 4.11. The summed E-state index contributed by atoms with van der Waals surface area (Å²) in [4.78, 5) is 12.6. The molecule has 0 heterocycles. The summed E-state index contributed by atoms with van der Waals surface area (Å²) >= 11 is 11.9. The molecule has 2 aromatic rings. The second-order valence-electron chi connectivity index (χ2n) is 5.89. The SMILES string of the molecule is O=C(NS(=O)(=O)Cc1ccccc1)C1(c2ccc(Cl)c(Cl)c2)CC1. The molecular formula is C17H15Cl2NO3S. The first-order valence-electron chi connectivity index (χ1n) is 7.37. The minimum Gasteiger partial charge on any atom is -0.273 e. The number of rotatable bonds is 5. The maximum Gasteiger partial charge on any atom is 0.244 e. The lowest BCUT2D eigenvalue weighted by Crippen LogP contribution is -2.39. The van der Waals surface area contributed by atoms with Gasteiger partial charge in [-0.1, -0.05) is 59.6 Å². The molecule has 0 spiro atoms. The van der Waals surface area contributed by atoms with Gasteiger partial charge >= 0.3 is 0 Å². The number of nitrogens with one attached hydrogen (secondary N) is 1. The largest absolute Gasteiger partial charge is 0.273 e. The summed E-state index contributed by atoms with van der Waals surface area (Å²) in [6.45, 7) is 0. The van der Waals surface area contributed by atoms with Gasteiger partial charge in [0.2, 0.25) is 15.9 Å². The molecule has 7 heteroatoms. The monoisotopic (exact) mass is 383 g/mol. The van der Waals surface area contributed by atoms with Crippen LogP contribution < -0.4 is 4.72 Å². The van der Waals surface area contributed by atoms with Crippen molar-refractivity contribution in [2.75, 3.05) is 0 Å². The quantitative estimate of drug-likeness (QED) is 0.856. The van der Waals surface area contributed by atoms with Gasteiger partial charge in [-0.2, -0.15) is 0 Å². The highest BCUT2D eigenvalue weighted by Gasteiger charge is 2.52. The average Bonchev–Trinajstić information content (AvgIpc) is 3.32. The molecule has 1 amide bonds. The third-order valence-corrected chi connectivity index (χ3v) is 6.05. The molecule has 1 N–H and O–H groups in total. The molecule has 3 rings (SSSR count). The number of sulfonamides is 1. The lowest BCUT2D eigenvalue weighted by atomic mass is 9.95. The Morgan fingerprint density at radius 2 is 1.71 bits per heavy atom. The predicted molar refractivity (Wildman–Crippen MR) is 94.6 cm³/mol. The summed E-state index contributed by atoms with van der Waals surface area (Å²) in [6, 6.07) is 13.7. The zero-order valence-corrected chi connectivity index (χ0v) is 15.0. The van der Waals surface area contributed by atoms with Crippen LogP contribution in [0.2, 0.25) is 10.0 Å². The molecule has 4 nitrogen and oxygen atoms in total. The van der Waals surface area contributed by atoms with Gasteiger partial charge in [0.15, 0.2) is 0 Å². The lowest BCUT2D eigenvalue weighted by molar-refractivity contribution is -0.121. The standard InChI is InChI=1S/C17H15Cl2NO3S/c18-14-7-6-13(10-15(14)19)17(8-9-17)16(21)20-24(22,23)11-12-4-2-1-3-5-12/h1-7,10H,8-9,11H2,(H,20,21). The van der Waals surface area contributed by atoms with Crippen LogP contribution in [0.1, 0.15) is 24.0 Å². The minimum absolute atomic E-state index is 0.239. The van der Waals surface area contributed by atoms with E-state index in [-0.39, 0.29) is 5.75 Å². The highest BCUT2D eigenvalue weighted by atomic mass is 35.5. The van der Waals surface area contributed by atoms with Crippen LogP contribution in [0.15, 0.2) is 48.5 Å². The van der Waals surface area contributed by atoms with Crippen LogP contribution in [0.3, 0.4) is 0 Å². The molecule has 0 unspecified atom stereocenters. The maximum absolute atomic E-state index is 12.6. The maximum atomic E-state index is 12.6. The molecule has 0 radical (unpaired) electrons. The highest BCUT2D eigenvalue weighted by molar-refractivity contribution is 7.89. The van der Waals surface area contributed by atoms with Crippen molar-refractivity contribution in [2.45, 2.75) is 24.0 Å². The zero-order valence-electron chi connectivity index (χ0n) is 12.6. The van der Waals surface area contributed by atoms with Crippen molar-refractivity contribution in [3.05, 3.63) is 69.7 Å². The number of benzene rings is 2. The van der Waals surface area contributed by atoms with Gasteiger partial charge in [0.25, 0.3) is 0 Å². The van der Waals surface area contributed by atoms with Crippen LogP contribution in [0.4, 0.5) is 0 Å². The topological polar surface area (TPSA) is 63.2 Å². The van der Waals surface area contributed by atoms with E-state index in [4.69, 9.17) is 23.2 Å². The Kier molecular flexibility index (Phi) is 4.60. The van der Waals surface area contributed by atoms with Crippen LogP contribution in [-0.4, -0.2) is 14.3 Å². The van der Waals surface area contributed by atoms with Gasteiger partial charge in [0, 0.05) is 0 Å². The Labute approximate surface area is 150 Å². The van der Waals surface area contributed by atoms with Crippen molar-refractivity contribution >= 4 is 39.1 Å². The van der Waals surface area contributed by atoms with E-state index in [1.54, 1.807) is 48.5 Å². The van der Waals surface area contributed by atoms with E-state index in [1.807, 2.05) is 0 Å². The minimum atomic E-state index is -3.76. The van der Waals surface area contributed by atoms with E-state index in [9.17, 15) is 13.2 Å². The number of hydrogen-bond acceptors (Lipinski definition) is 3. The number of carbonyl (C=O) groups excluding carboxylic acids is 1. The molecule has 0 saturated heterocycles. The van der Waals surface area contributed by atoms with Crippen molar-refractivity contribution < 1.29 is 13.2 Å². The molecule has 1 aliphatic rings. The normalized spacial score (nSPS) is 15.8. The Morgan fingerprint density at radius 1 is 1.04 bits per heavy atom. The van der Waals surface area contributed by atoms with Gasteiger partial charge in [-0.25, -0.2) is 8.42 Å². The van der Waals surface area contributed by atoms with Crippen molar-refractivity contribution in [1.29, 1.82) is 0 Å². The van der Waals surface area contributed by atoms with Crippen LogP contribution in [0, 0.1) is 0 Å². The lowest BCUT2D eigenvalue weighted by Gasteiger charge is -2.16. The molecule has 1 saturated carbocycles. The molecule has 24 heavy (non-hydrogen) atoms. The fraction of sp³-hybridized carbons (Fsp3) is 0.235. The molecule has 2 aromatic carbocycles. The summed E-state index contributed by atoms with van der Waals surface area (Å²) in [5, 5.41) is 0.744.